The van der Waals surface area contributed by atoms with E-state index in [9.17, 15) is 0 Å². The van der Waals surface area contributed by atoms with Crippen LogP contribution in [0, 0.1) is 20.8 Å². The molecule has 0 spiro atoms. The smallest absolute Gasteiger partial charge is 1.00 e. The summed E-state index contributed by atoms with van der Waals surface area (Å²) in [5, 5.41) is 0.801. The Morgan fingerprint density at radius 3 is 1.91 bits per heavy atom. The van der Waals surface area contributed by atoms with Crippen molar-refractivity contribution < 1.29 is 46.1 Å². The first kappa shape index (κ1) is 36.8. The van der Waals surface area contributed by atoms with E-state index >= 15 is 0 Å². The number of benzene rings is 4. The third-order valence-corrected chi connectivity index (χ3v) is 18.0. The third-order valence-electron chi connectivity index (χ3n) is 9.49. The Morgan fingerprint density at radius 1 is 0.717 bits per heavy atom. The van der Waals surface area contributed by atoms with Crippen LogP contribution in [0.25, 0.3) is 11.1 Å². The van der Waals surface area contributed by atoms with Crippen LogP contribution in [0.1, 0.15) is 91.6 Å². The molecule has 4 aromatic carbocycles. The van der Waals surface area contributed by atoms with Crippen LogP contribution in [-0.2, 0) is 38.5 Å². The number of fused-ring (bicyclic) bond motifs is 3. The summed E-state index contributed by atoms with van der Waals surface area (Å²) in [4.78, 5) is 0. The molecule has 0 saturated heterocycles. The van der Waals surface area contributed by atoms with Crippen molar-refractivity contribution in [2.24, 2.45) is 0 Å². The summed E-state index contributed by atoms with van der Waals surface area (Å²) in [6.07, 6.45) is 10.5. The van der Waals surface area contributed by atoms with E-state index in [-0.39, 0.29) is 35.6 Å². The van der Waals surface area contributed by atoms with Gasteiger partial charge in [-0.3, -0.25) is 0 Å². The summed E-state index contributed by atoms with van der Waals surface area (Å²) in [6, 6.07) is 25.5. The molecule has 238 valence electrons. The number of rotatable bonds is 4. The predicted octanol–water partition coefficient (Wildman–Crippen LogP) is 4.87. The van der Waals surface area contributed by atoms with Crippen molar-refractivity contribution in [1.82, 2.24) is 0 Å². The van der Waals surface area contributed by atoms with Gasteiger partial charge in [-0.1, -0.05) is 0 Å². The zero-order valence-electron chi connectivity index (χ0n) is 28.6. The first-order chi connectivity index (χ1) is 20.7. The molecular weight excluding hydrogens is 702 g/mol. The van der Waals surface area contributed by atoms with Crippen molar-refractivity contribution >= 4 is 18.1 Å². The van der Waals surface area contributed by atoms with E-state index in [0.29, 0.717) is 3.63 Å². The van der Waals surface area contributed by atoms with Crippen LogP contribution >= 0.6 is 11.6 Å². The van der Waals surface area contributed by atoms with Gasteiger partial charge in [-0.15, -0.1) is 0 Å². The van der Waals surface area contributed by atoms with Crippen molar-refractivity contribution in [3.8, 4) is 11.1 Å². The maximum Gasteiger partial charge on any atom is -1.00 e. The van der Waals surface area contributed by atoms with Gasteiger partial charge in [-0.25, -0.2) is 0 Å². The van der Waals surface area contributed by atoms with Crippen LogP contribution in [-0.4, -0.2) is 3.21 Å². The first-order valence-corrected chi connectivity index (χ1v) is 20.2. The van der Waals surface area contributed by atoms with Crippen LogP contribution in [0.15, 0.2) is 91.0 Å². The second-order valence-corrected chi connectivity index (χ2v) is 21.5. The molecule has 0 radical (unpaired) electrons. The topological polar surface area (TPSA) is 0 Å². The first-order valence-electron chi connectivity index (χ1n) is 16.0. The SMILES string of the molecule is Cc1ccc([C](c2cccc(Cl)c2)=[Zr+2]([c]2c(C)c(C(C)(C)C)cc3c2Cc2cc(C)c(C(C)(C)C)cc2-3)[CH]2C=CC=C2)cc1.[Cl-].[Cl-]. The van der Waals surface area contributed by atoms with Crippen molar-refractivity contribution in [3.63, 3.8) is 0 Å². The van der Waals surface area contributed by atoms with Gasteiger partial charge in [0.05, 0.1) is 0 Å². The van der Waals surface area contributed by atoms with E-state index in [4.69, 9.17) is 11.6 Å². The zero-order chi connectivity index (χ0) is 31.6. The predicted molar refractivity (Wildman–Crippen MR) is 189 cm³/mol. The monoisotopic (exact) mass is 744 g/mol. The molecule has 4 heteroatoms. The molecule has 2 aliphatic carbocycles. The van der Waals surface area contributed by atoms with Crippen LogP contribution < -0.4 is 28.1 Å². The van der Waals surface area contributed by atoms with Gasteiger partial charge in [0.15, 0.2) is 0 Å². The van der Waals surface area contributed by atoms with E-state index in [1.807, 2.05) is 6.07 Å². The molecule has 6 rings (SSSR count). The summed E-state index contributed by atoms with van der Waals surface area (Å²) >= 11 is 3.93. The normalized spacial score (nSPS) is 14.0. The van der Waals surface area contributed by atoms with E-state index in [0.717, 1.165) is 11.4 Å². The number of halogens is 3. The minimum absolute atomic E-state index is 0. The maximum absolute atomic E-state index is 6.73. The summed E-state index contributed by atoms with van der Waals surface area (Å²) in [5.41, 5.74) is 15.9. The molecule has 0 fully saturated rings. The fraction of sp³-hybridized carbons (Fsp3) is 0.310. The summed E-state index contributed by atoms with van der Waals surface area (Å²) in [7, 11) is 0. The molecule has 4 aromatic rings. The van der Waals surface area contributed by atoms with Crippen molar-refractivity contribution in [2.75, 3.05) is 0 Å². The fourth-order valence-electron chi connectivity index (χ4n) is 7.49. The number of allylic oxidation sites excluding steroid dienone is 4. The van der Waals surface area contributed by atoms with E-state index in [1.54, 1.807) is 8.83 Å². The van der Waals surface area contributed by atoms with Crippen LogP contribution in [0.3, 0.4) is 0 Å². The molecule has 0 bridgehead atoms. The standard InChI is InChI=1S/C23H29.C14H11Cl.C5H5.2ClH.Zr/c1-14-9-16-11-17-10-15(2)21(23(6,7)8)13-19(17)18(16)12-20(14)22(3,4)5;1-11-5-7-12(8-6-11)9-13-3-2-4-14(15)10-13;1-2-4-5-3-1;;;/h9,12-13H,11H2,1-8H3;2-8,10H,1H3;1-5H;2*1H;/q;;;;;+2/p-2. The minimum atomic E-state index is -2.80. The number of aryl methyl sites for hydroxylation is 2. The Kier molecular flexibility index (Phi) is 11.1. The number of hydrogen-bond donors (Lipinski definition) is 0. The molecule has 0 N–H and O–H groups in total. The van der Waals surface area contributed by atoms with Gasteiger partial charge in [0, 0.05) is 0 Å². The summed E-state index contributed by atoms with van der Waals surface area (Å²) < 4.78 is 3.65. The molecule has 0 saturated carbocycles. The van der Waals surface area contributed by atoms with Gasteiger partial charge in [0.1, 0.15) is 0 Å². The maximum atomic E-state index is 6.73. The molecular formula is C42H45Cl3Zr. The number of hydrogen-bond acceptors (Lipinski definition) is 0. The second-order valence-electron chi connectivity index (χ2n) is 14.9. The second kappa shape index (κ2) is 13.8. The summed E-state index contributed by atoms with van der Waals surface area (Å²) in [6.45, 7) is 21.1. The van der Waals surface area contributed by atoms with Crippen molar-refractivity contribution in [3.05, 3.63) is 146 Å². The van der Waals surface area contributed by atoms with Crippen molar-refractivity contribution in [1.29, 1.82) is 0 Å². The Bertz CT molecular complexity index is 1860. The average molecular weight is 747 g/mol. The molecule has 2 aliphatic rings. The Hall–Kier alpha value is -2.02. The van der Waals surface area contributed by atoms with Gasteiger partial charge in [0.2, 0.25) is 0 Å². The van der Waals surface area contributed by atoms with Crippen LogP contribution in [0.5, 0.6) is 0 Å². The molecule has 0 unspecified atom stereocenters. The zero-order valence-corrected chi connectivity index (χ0v) is 33.3. The van der Waals surface area contributed by atoms with Crippen LogP contribution in [0.4, 0.5) is 0 Å². The average Bonchev–Trinajstić information content (AvgIpc) is 3.59. The quantitative estimate of drug-likeness (QED) is 0.247. The van der Waals surface area contributed by atoms with Gasteiger partial charge < -0.3 is 24.8 Å². The van der Waals surface area contributed by atoms with Crippen molar-refractivity contribution in [2.45, 2.75) is 83.2 Å². The molecule has 0 atom stereocenters. The molecule has 0 nitrogen and oxygen atoms in total. The molecule has 0 aromatic heterocycles. The van der Waals surface area contributed by atoms with Gasteiger partial charge in [0.25, 0.3) is 0 Å². The Labute approximate surface area is 302 Å². The minimum Gasteiger partial charge on any atom is -1.00 e. The van der Waals surface area contributed by atoms with Crippen LogP contribution in [0.2, 0.25) is 8.65 Å². The van der Waals surface area contributed by atoms with Gasteiger partial charge in [-0.2, -0.15) is 0 Å². The van der Waals surface area contributed by atoms with E-state index in [1.165, 1.54) is 58.8 Å². The molecule has 0 amide bonds. The summed E-state index contributed by atoms with van der Waals surface area (Å²) in [5.74, 6) is 0. The van der Waals surface area contributed by atoms with E-state index < -0.39 is 21.3 Å². The molecule has 0 heterocycles. The third kappa shape index (κ3) is 6.91. The Balaban J connectivity index is 0.00000240. The van der Waals surface area contributed by atoms with E-state index in [2.05, 4.69) is 147 Å². The molecule has 0 aliphatic heterocycles. The fourth-order valence-corrected chi connectivity index (χ4v) is 16.4. The molecule has 46 heavy (non-hydrogen) atoms. The van der Waals surface area contributed by atoms with Gasteiger partial charge in [-0.05, 0) is 0 Å². The van der Waals surface area contributed by atoms with Gasteiger partial charge >= 0.3 is 280 Å². The Morgan fingerprint density at radius 2 is 1.33 bits per heavy atom. The largest absolute Gasteiger partial charge is 1.00 e.